The average molecular weight is 366 g/mol. The molecule has 0 spiro atoms. The fourth-order valence-electron chi connectivity index (χ4n) is 2.93. The SMILES string of the molecule is COC(=O)[C@H](CC(C)C)N(C)CC1=Cc2c(Cl)cccc2OC1C=O. The molecule has 5 nitrogen and oxygen atoms in total. The van der Waals surface area contributed by atoms with Crippen molar-refractivity contribution in [2.24, 2.45) is 5.92 Å². The zero-order chi connectivity index (χ0) is 18.6. The molecule has 0 saturated heterocycles. The summed E-state index contributed by atoms with van der Waals surface area (Å²) >= 11 is 6.24. The summed E-state index contributed by atoms with van der Waals surface area (Å²) in [6.07, 6.45) is 2.62. The van der Waals surface area contributed by atoms with Crippen molar-refractivity contribution in [3.63, 3.8) is 0 Å². The van der Waals surface area contributed by atoms with Gasteiger partial charge in [-0.3, -0.25) is 14.5 Å². The number of nitrogens with zero attached hydrogens (tertiary/aromatic N) is 1. The van der Waals surface area contributed by atoms with Crippen LogP contribution in [0.5, 0.6) is 5.75 Å². The summed E-state index contributed by atoms with van der Waals surface area (Å²) in [5.74, 6) is 0.637. The van der Waals surface area contributed by atoms with E-state index >= 15 is 0 Å². The highest BCUT2D eigenvalue weighted by molar-refractivity contribution is 6.32. The Morgan fingerprint density at radius 3 is 2.76 bits per heavy atom. The molecule has 6 heteroatoms. The second-order valence-corrected chi connectivity index (χ2v) is 7.04. The monoisotopic (exact) mass is 365 g/mol. The lowest BCUT2D eigenvalue weighted by atomic mass is 9.99. The molecule has 1 unspecified atom stereocenters. The van der Waals surface area contributed by atoms with E-state index in [0.717, 1.165) is 17.4 Å². The molecule has 0 bridgehead atoms. The molecule has 0 N–H and O–H groups in total. The number of carbonyl (C=O) groups is 2. The second-order valence-electron chi connectivity index (χ2n) is 6.63. The molecular weight excluding hydrogens is 342 g/mol. The number of halogens is 1. The van der Waals surface area contributed by atoms with Crippen molar-refractivity contribution in [2.45, 2.75) is 32.4 Å². The van der Waals surface area contributed by atoms with Crippen LogP contribution < -0.4 is 4.74 Å². The molecule has 1 aliphatic heterocycles. The van der Waals surface area contributed by atoms with Crippen LogP contribution in [0.15, 0.2) is 23.8 Å². The Balaban J connectivity index is 2.27. The first-order chi connectivity index (χ1) is 11.9. The van der Waals surface area contributed by atoms with Gasteiger partial charge in [-0.15, -0.1) is 0 Å². The second kappa shape index (κ2) is 8.50. The third-order valence-electron chi connectivity index (χ3n) is 4.22. The average Bonchev–Trinajstić information content (AvgIpc) is 2.58. The number of carbonyl (C=O) groups excluding carboxylic acids is 2. The van der Waals surface area contributed by atoms with Gasteiger partial charge in [-0.05, 0) is 43.2 Å². The summed E-state index contributed by atoms with van der Waals surface area (Å²) in [6, 6.07) is 4.96. The summed E-state index contributed by atoms with van der Waals surface area (Å²) in [7, 11) is 3.23. The number of rotatable bonds is 7. The van der Waals surface area contributed by atoms with Gasteiger partial charge >= 0.3 is 5.97 Å². The maximum Gasteiger partial charge on any atom is 0.323 e. The van der Waals surface area contributed by atoms with E-state index in [1.54, 1.807) is 18.2 Å². The summed E-state index contributed by atoms with van der Waals surface area (Å²) in [5, 5.41) is 0.564. The summed E-state index contributed by atoms with van der Waals surface area (Å²) in [5.41, 5.74) is 1.51. The number of benzene rings is 1. The van der Waals surface area contributed by atoms with E-state index in [1.165, 1.54) is 7.11 Å². The van der Waals surface area contributed by atoms with Crippen LogP contribution in [-0.4, -0.2) is 50.0 Å². The van der Waals surface area contributed by atoms with Crippen LogP contribution in [0.2, 0.25) is 5.02 Å². The maximum absolute atomic E-state index is 12.1. The molecule has 2 atom stereocenters. The molecule has 25 heavy (non-hydrogen) atoms. The van der Waals surface area contributed by atoms with Gasteiger partial charge < -0.3 is 9.47 Å². The van der Waals surface area contributed by atoms with Crippen LogP contribution in [0, 0.1) is 5.92 Å². The zero-order valence-electron chi connectivity index (χ0n) is 15.0. The number of hydrogen-bond donors (Lipinski definition) is 0. The van der Waals surface area contributed by atoms with Crippen LogP contribution in [0.1, 0.15) is 25.8 Å². The van der Waals surface area contributed by atoms with Crippen LogP contribution in [0.4, 0.5) is 0 Å². The van der Waals surface area contributed by atoms with E-state index < -0.39 is 6.10 Å². The van der Waals surface area contributed by atoms with Crippen LogP contribution in [0.3, 0.4) is 0 Å². The number of ether oxygens (including phenoxy) is 2. The normalized spacial score (nSPS) is 17.6. The maximum atomic E-state index is 12.1. The predicted molar refractivity (Wildman–Crippen MR) is 97.8 cm³/mol. The Hall–Kier alpha value is -1.85. The summed E-state index contributed by atoms with van der Waals surface area (Å²) in [6.45, 7) is 4.51. The standard InChI is InChI=1S/C19H24ClNO4/c1-12(2)8-16(19(23)24-4)21(3)10-13-9-14-15(20)6-5-7-17(14)25-18(13)11-22/h5-7,9,11-12,16,18H,8,10H2,1-4H3/t16-,18?/m0/s1. The minimum Gasteiger partial charge on any atom is -0.478 e. The predicted octanol–water partition coefficient (Wildman–Crippen LogP) is 3.20. The number of aldehydes is 1. The van der Waals surface area contributed by atoms with Crippen molar-refractivity contribution in [3.05, 3.63) is 34.4 Å². The molecule has 1 aliphatic rings. The van der Waals surface area contributed by atoms with Gasteiger partial charge in [0.1, 0.15) is 11.8 Å². The van der Waals surface area contributed by atoms with Gasteiger partial charge in [-0.1, -0.05) is 31.5 Å². The van der Waals surface area contributed by atoms with Crippen LogP contribution in [0.25, 0.3) is 6.08 Å². The van der Waals surface area contributed by atoms with Gasteiger partial charge in [0.25, 0.3) is 0 Å². The van der Waals surface area contributed by atoms with Crippen molar-refractivity contribution in [2.75, 3.05) is 20.7 Å². The number of hydrogen-bond acceptors (Lipinski definition) is 5. The Kier molecular flexibility index (Phi) is 6.62. The van der Waals surface area contributed by atoms with Crippen molar-refractivity contribution in [3.8, 4) is 5.75 Å². The van der Waals surface area contributed by atoms with Gasteiger partial charge in [-0.2, -0.15) is 0 Å². The van der Waals surface area contributed by atoms with Gasteiger partial charge in [-0.25, -0.2) is 0 Å². The van der Waals surface area contributed by atoms with E-state index in [-0.39, 0.29) is 12.0 Å². The number of likely N-dealkylation sites (N-methyl/N-ethyl adjacent to an activating group) is 1. The topological polar surface area (TPSA) is 55.8 Å². The van der Waals surface area contributed by atoms with Crippen molar-refractivity contribution in [1.29, 1.82) is 0 Å². The molecule has 0 aromatic heterocycles. The Morgan fingerprint density at radius 2 is 2.16 bits per heavy atom. The Labute approximate surface area is 153 Å². The van der Waals surface area contributed by atoms with Crippen molar-refractivity contribution in [1.82, 2.24) is 4.90 Å². The number of fused-ring (bicyclic) bond motifs is 1. The third-order valence-corrected chi connectivity index (χ3v) is 4.55. The fourth-order valence-corrected chi connectivity index (χ4v) is 3.15. The molecule has 0 saturated carbocycles. The quantitative estimate of drug-likeness (QED) is 0.548. The minimum atomic E-state index is -0.689. The lowest BCUT2D eigenvalue weighted by Crippen LogP contribution is -2.43. The molecule has 1 aromatic carbocycles. The van der Waals surface area contributed by atoms with Crippen LogP contribution in [-0.2, 0) is 14.3 Å². The molecule has 1 aromatic rings. The number of methoxy groups -OCH3 is 1. The molecule has 0 amide bonds. The first kappa shape index (κ1) is 19.5. The Bertz CT molecular complexity index is 671. The molecule has 0 fully saturated rings. The van der Waals surface area contributed by atoms with Gasteiger partial charge in [0, 0.05) is 12.1 Å². The van der Waals surface area contributed by atoms with Gasteiger partial charge in [0.2, 0.25) is 0 Å². The van der Waals surface area contributed by atoms with Gasteiger partial charge in [0.15, 0.2) is 12.4 Å². The lowest BCUT2D eigenvalue weighted by molar-refractivity contribution is -0.147. The highest BCUT2D eigenvalue weighted by Crippen LogP contribution is 2.34. The highest BCUT2D eigenvalue weighted by Gasteiger charge is 2.29. The summed E-state index contributed by atoms with van der Waals surface area (Å²) < 4.78 is 10.7. The largest absolute Gasteiger partial charge is 0.478 e. The van der Waals surface area contributed by atoms with Gasteiger partial charge in [0.05, 0.1) is 12.1 Å². The molecular formula is C19H24ClNO4. The first-order valence-electron chi connectivity index (χ1n) is 8.26. The highest BCUT2D eigenvalue weighted by atomic mass is 35.5. The van der Waals surface area contributed by atoms with Crippen molar-refractivity contribution < 1.29 is 19.1 Å². The molecule has 1 heterocycles. The molecule has 0 radical (unpaired) electrons. The zero-order valence-corrected chi connectivity index (χ0v) is 15.7. The third kappa shape index (κ3) is 4.61. The van der Waals surface area contributed by atoms with E-state index in [1.807, 2.05) is 18.0 Å². The molecule has 136 valence electrons. The van der Waals surface area contributed by atoms with Crippen molar-refractivity contribution >= 4 is 29.9 Å². The fraction of sp³-hybridized carbons (Fsp3) is 0.474. The lowest BCUT2D eigenvalue weighted by Gasteiger charge is -2.31. The van der Waals surface area contributed by atoms with E-state index in [4.69, 9.17) is 21.1 Å². The van der Waals surface area contributed by atoms with E-state index in [0.29, 0.717) is 29.7 Å². The first-order valence-corrected chi connectivity index (χ1v) is 8.64. The van der Waals surface area contributed by atoms with Crippen LogP contribution >= 0.6 is 11.6 Å². The smallest absolute Gasteiger partial charge is 0.323 e. The van der Waals surface area contributed by atoms with E-state index in [9.17, 15) is 9.59 Å². The van der Waals surface area contributed by atoms with E-state index in [2.05, 4.69) is 13.8 Å². The minimum absolute atomic E-state index is 0.283. The molecule has 0 aliphatic carbocycles. The number of esters is 1. The summed E-state index contributed by atoms with van der Waals surface area (Å²) in [4.78, 5) is 25.5. The Morgan fingerprint density at radius 1 is 1.44 bits per heavy atom. The molecule has 2 rings (SSSR count).